The zero-order chi connectivity index (χ0) is 90.3. The lowest BCUT2D eigenvalue weighted by Crippen LogP contribution is -2.61. The van der Waals surface area contributed by atoms with Gasteiger partial charge in [0.25, 0.3) is 6.71 Å². The fraction of sp³-hybridized carbons (Fsp3) is 0.226. The third kappa shape index (κ3) is 13.6. The Bertz CT molecular complexity index is 7800. The second-order valence-corrected chi connectivity index (χ2v) is 45.8. The summed E-state index contributed by atoms with van der Waals surface area (Å²) in [6.45, 7) is 49.7. The first-order valence-corrected chi connectivity index (χ1v) is 47.7. The van der Waals surface area contributed by atoms with Gasteiger partial charge < -0.3 is 18.9 Å². The van der Waals surface area contributed by atoms with Crippen molar-refractivity contribution in [3.63, 3.8) is 0 Å². The van der Waals surface area contributed by atoms with E-state index in [1.165, 1.54) is 141 Å². The fourth-order valence-corrected chi connectivity index (χ4v) is 22.2. The Hall–Kier alpha value is -13.0. The molecular formula is C124H115BN4S. The molecular weight excluding hydrogens is 1590 g/mol. The summed E-state index contributed by atoms with van der Waals surface area (Å²) in [6, 6.07) is 126. The lowest BCUT2D eigenvalue weighted by molar-refractivity contribution is 0.590. The molecule has 0 fully saturated rings. The molecule has 13 bridgehead atoms. The maximum absolute atomic E-state index is 2.82. The minimum atomic E-state index is -0.411. The quantitative estimate of drug-likeness (QED) is 0.160. The van der Waals surface area contributed by atoms with Crippen molar-refractivity contribution in [3.8, 4) is 89.3 Å². The third-order valence-electron chi connectivity index (χ3n) is 28.7. The van der Waals surface area contributed by atoms with Crippen LogP contribution in [0, 0.1) is 0 Å². The van der Waals surface area contributed by atoms with Crippen molar-refractivity contribution < 1.29 is 0 Å². The lowest BCUT2D eigenvalue weighted by atomic mass is 9.33. The van der Waals surface area contributed by atoms with Gasteiger partial charge in [-0.2, -0.15) is 0 Å². The van der Waals surface area contributed by atoms with Crippen LogP contribution >= 0.6 is 11.3 Å². The molecule has 0 saturated carbocycles. The molecule has 6 heteroatoms. The first-order chi connectivity index (χ1) is 61.8. The Morgan fingerprint density at radius 1 is 0.208 bits per heavy atom. The molecule has 0 atom stereocenters. The normalized spacial score (nSPS) is 13.5. The lowest BCUT2D eigenvalue weighted by Gasteiger charge is -2.47. The van der Waals surface area contributed by atoms with Gasteiger partial charge in [0, 0.05) is 98.1 Å². The first-order valence-electron chi connectivity index (χ1n) is 46.9. The van der Waals surface area contributed by atoms with E-state index in [1.54, 1.807) is 0 Å². The van der Waals surface area contributed by atoms with Crippen molar-refractivity contribution in [2.45, 2.75) is 183 Å². The van der Waals surface area contributed by atoms with Crippen LogP contribution in [0.2, 0.25) is 0 Å². The molecule has 0 saturated heterocycles. The van der Waals surface area contributed by atoms with Crippen molar-refractivity contribution in [2.75, 3.05) is 9.80 Å². The molecule has 19 aromatic rings. The fourth-order valence-electron chi connectivity index (χ4n) is 21.1. The monoisotopic (exact) mass is 1700 g/mol. The molecule has 0 amide bonds. The predicted octanol–water partition coefficient (Wildman–Crippen LogP) is 33.4. The maximum Gasteiger partial charge on any atom is 0.252 e. The zero-order valence-corrected chi connectivity index (χ0v) is 80.1. The summed E-state index contributed by atoms with van der Waals surface area (Å²) in [7, 11) is 0. The van der Waals surface area contributed by atoms with Gasteiger partial charge in [-0.3, -0.25) is 0 Å². The van der Waals surface area contributed by atoms with Gasteiger partial charge in [0.15, 0.2) is 0 Å². The van der Waals surface area contributed by atoms with Crippen LogP contribution in [0.25, 0.3) is 153 Å². The third-order valence-corrected chi connectivity index (χ3v) is 29.8. The van der Waals surface area contributed by atoms with Gasteiger partial charge in [-0.1, -0.05) is 333 Å². The Balaban J connectivity index is 0.967. The van der Waals surface area contributed by atoms with E-state index in [0.717, 1.165) is 101 Å². The van der Waals surface area contributed by atoms with Gasteiger partial charge in [0.2, 0.25) is 0 Å². The first kappa shape index (κ1) is 82.7. The van der Waals surface area contributed by atoms with Crippen LogP contribution in [0.1, 0.15) is 184 Å². The molecule has 0 radical (unpaired) electrons. The van der Waals surface area contributed by atoms with Crippen LogP contribution in [-0.2, 0) is 37.9 Å². The van der Waals surface area contributed by atoms with Crippen LogP contribution in [-0.4, -0.2) is 15.8 Å². The van der Waals surface area contributed by atoms with Gasteiger partial charge in [-0.25, -0.2) is 0 Å². The van der Waals surface area contributed by atoms with E-state index in [0.29, 0.717) is 0 Å². The second-order valence-electron chi connectivity index (χ2n) is 44.7. The van der Waals surface area contributed by atoms with Gasteiger partial charge >= 0.3 is 0 Å². The van der Waals surface area contributed by atoms with Crippen molar-refractivity contribution in [1.29, 1.82) is 0 Å². The van der Waals surface area contributed by atoms with Crippen molar-refractivity contribution >= 4 is 132 Å². The van der Waals surface area contributed by atoms with E-state index < -0.39 is 5.41 Å². The second kappa shape index (κ2) is 29.3. The summed E-state index contributed by atoms with van der Waals surface area (Å²) in [4.78, 5) is 5.63. The number of hydrogen-bond acceptors (Lipinski definition) is 3. The minimum Gasteiger partial charge on any atom is -0.310 e. The summed E-state index contributed by atoms with van der Waals surface area (Å²) in [5.74, 6) is 0. The number of hydrogen-bond donors (Lipinski definition) is 0. The smallest absolute Gasteiger partial charge is 0.252 e. The SMILES string of the molecule is CC(C)(C)c1cc(-c2ccccc2)c2c(c1)-c1cccc(c1)-c1ccc3sc4ccc(cc4c3c1)-c1cccc(c1)-c1cc(C(C)(C)C)cc(-c3cccc(-c4ccccc4)c3)c1N1c3cc(-n4c5cc(C(C)(C)C)ccc5c5ccc(C(C)(C)C)cc54)ccc3B3c4ccc(-n5c6cc(C(C)(C)C)ccc6c6ccc(C(C)(C)C)cc65)cc4N2c2cc(C(C)(C)C)cc1c23. The molecule has 4 nitrogen and oxygen atoms in total. The van der Waals surface area contributed by atoms with Crippen molar-refractivity contribution in [1.82, 2.24) is 9.13 Å². The Morgan fingerprint density at radius 3 is 0.838 bits per heavy atom. The number of rotatable bonds is 5. The summed E-state index contributed by atoms with van der Waals surface area (Å²) < 4.78 is 7.81. The van der Waals surface area contributed by atoms with E-state index in [4.69, 9.17) is 0 Å². The molecule has 640 valence electrons. The molecule has 130 heavy (non-hydrogen) atoms. The minimum absolute atomic E-state index is 0.129. The molecule has 22 rings (SSSR count). The van der Waals surface area contributed by atoms with E-state index in [2.05, 4.69) is 480 Å². The van der Waals surface area contributed by atoms with Crippen LogP contribution in [0.5, 0.6) is 0 Å². The highest BCUT2D eigenvalue weighted by Gasteiger charge is 2.47. The number of thiophene rings is 1. The standard InChI is InChI=1S/C124H115BN4S/c1-118(2,3)84-43-49-93-94-50-44-85(119(4,5)6)67-106(94)126(105(93)66-84)91-47-53-103-109(72-91)128-111-70-90(124(19,20)21)71-112-115(111)125(103)104-54-48-92(127-107-68-86(120(7,8)9)45-51-95(107)96-52-46-87(69-108(96)127)121(10,11)12)73-110(104)129(112)117-99(81-38-28-35-76(57-81)74-31-24-22-25-32-74)64-89(123(16,17)18)65-100(117)83-40-30-37-78(59-83)80-42-56-114-102(61-80)101-60-79(41-55-113(101)130-114)77-36-29-39-82(58-77)98-63-88(122(13,14)15)62-97(116(98)128)75-33-26-23-27-34-75/h22-73H,1-21H3. The van der Waals surface area contributed by atoms with Crippen molar-refractivity contribution in [3.05, 3.63) is 354 Å². The summed E-state index contributed by atoms with van der Waals surface area (Å²) in [5.41, 5.74) is 41.1. The van der Waals surface area contributed by atoms with E-state index >= 15 is 0 Å². The molecule has 3 aliphatic rings. The molecule has 3 aliphatic heterocycles. The molecule has 6 heterocycles. The number of fused-ring (bicyclic) bond motifs is 26. The van der Waals surface area contributed by atoms with Crippen LogP contribution in [0.3, 0.4) is 0 Å². The number of benzene rings is 16. The zero-order valence-electron chi connectivity index (χ0n) is 79.3. The Morgan fingerprint density at radius 2 is 0.500 bits per heavy atom. The molecule has 0 N–H and O–H groups in total. The largest absolute Gasteiger partial charge is 0.310 e. The van der Waals surface area contributed by atoms with Gasteiger partial charge in [0.05, 0.1) is 33.4 Å². The highest BCUT2D eigenvalue weighted by molar-refractivity contribution is 7.25. The maximum atomic E-state index is 2.82. The van der Waals surface area contributed by atoms with E-state index in [9.17, 15) is 0 Å². The summed E-state index contributed by atoms with van der Waals surface area (Å²) in [5, 5.41) is 7.48. The number of anilines is 6. The Labute approximate surface area is 772 Å². The van der Waals surface area contributed by atoms with Crippen molar-refractivity contribution in [2.24, 2.45) is 0 Å². The van der Waals surface area contributed by atoms with Crippen LogP contribution in [0.15, 0.2) is 315 Å². The van der Waals surface area contributed by atoms with Gasteiger partial charge in [-0.05, 0) is 276 Å². The highest BCUT2D eigenvalue weighted by Crippen LogP contribution is 2.58. The van der Waals surface area contributed by atoms with Crippen LogP contribution in [0.4, 0.5) is 34.1 Å². The van der Waals surface area contributed by atoms with E-state index in [-0.39, 0.29) is 39.2 Å². The topological polar surface area (TPSA) is 16.3 Å². The molecule has 0 spiro atoms. The predicted molar refractivity (Wildman–Crippen MR) is 565 cm³/mol. The van der Waals surface area contributed by atoms with Crippen LogP contribution < -0.4 is 26.2 Å². The summed E-state index contributed by atoms with van der Waals surface area (Å²) in [6.07, 6.45) is 0. The number of aromatic nitrogens is 2. The highest BCUT2D eigenvalue weighted by atomic mass is 32.1. The van der Waals surface area contributed by atoms with E-state index in [1.807, 2.05) is 11.3 Å². The average molecular weight is 1700 g/mol. The number of nitrogens with zero attached hydrogens (tertiary/aromatic N) is 4. The molecule has 16 aromatic carbocycles. The molecule has 0 aliphatic carbocycles. The average Bonchev–Trinajstić information content (AvgIpc) is 0.695. The molecule has 0 unspecified atom stereocenters. The molecule has 3 aromatic heterocycles. The Kier molecular flexibility index (Phi) is 18.6. The van der Waals surface area contributed by atoms with Gasteiger partial charge in [-0.15, -0.1) is 11.3 Å². The summed E-state index contributed by atoms with van der Waals surface area (Å²) >= 11 is 1.89. The van der Waals surface area contributed by atoms with Gasteiger partial charge in [0.1, 0.15) is 0 Å².